The first-order chi connectivity index (χ1) is 13.0. The Hall–Kier alpha value is -1.95. The molecule has 6 heteroatoms. The van der Waals surface area contributed by atoms with E-state index in [4.69, 9.17) is 0 Å². The van der Waals surface area contributed by atoms with Crippen LogP contribution in [0.5, 0.6) is 0 Å². The highest BCUT2D eigenvalue weighted by Gasteiger charge is 2.54. The molecule has 2 N–H and O–H groups in total. The van der Waals surface area contributed by atoms with Crippen LogP contribution in [0.4, 0.5) is 5.13 Å². The number of rotatable bonds is 4. The third-order valence-electron chi connectivity index (χ3n) is 6.78. The molecule has 4 aliphatic carbocycles. The van der Waals surface area contributed by atoms with Gasteiger partial charge in [-0.2, -0.15) is 0 Å². The Labute approximate surface area is 162 Å². The molecule has 1 aromatic carbocycles. The van der Waals surface area contributed by atoms with Crippen molar-refractivity contribution in [1.29, 1.82) is 0 Å². The second-order valence-corrected chi connectivity index (χ2v) is 9.90. The summed E-state index contributed by atoms with van der Waals surface area (Å²) < 4.78 is 1.04. The average molecular weight is 384 g/mol. The van der Waals surface area contributed by atoms with E-state index < -0.39 is 6.04 Å². The lowest BCUT2D eigenvalue weighted by Crippen LogP contribution is -2.56. The standard InChI is InChI=1S/C21H25N3O2S/c1-12(18(25)24-20-23-16-4-2-3-5-17(16)27-20)22-19(26)21-9-13-6-14(10-21)8-15(7-13)11-21/h2-5,12-15H,6-11H2,1H3,(H,22,26)(H,23,24,25). The highest BCUT2D eigenvalue weighted by molar-refractivity contribution is 7.22. The molecule has 0 aliphatic heterocycles. The molecule has 6 rings (SSSR count). The molecule has 0 saturated heterocycles. The van der Waals surface area contributed by atoms with Gasteiger partial charge in [0.05, 0.1) is 10.2 Å². The summed E-state index contributed by atoms with van der Waals surface area (Å²) in [5.74, 6) is 2.04. The molecule has 142 valence electrons. The zero-order valence-electron chi connectivity index (χ0n) is 15.5. The van der Waals surface area contributed by atoms with Crippen LogP contribution < -0.4 is 10.6 Å². The largest absolute Gasteiger partial charge is 0.344 e. The third-order valence-corrected chi connectivity index (χ3v) is 7.74. The molecular formula is C21H25N3O2S. The molecule has 0 radical (unpaired) electrons. The van der Waals surface area contributed by atoms with Crippen LogP contribution in [0.1, 0.15) is 45.4 Å². The van der Waals surface area contributed by atoms with Crippen molar-refractivity contribution in [2.45, 2.75) is 51.5 Å². The quantitative estimate of drug-likeness (QED) is 0.840. The zero-order chi connectivity index (χ0) is 18.6. The number of carbonyl (C=O) groups is 2. The first kappa shape index (κ1) is 17.2. The fraction of sp³-hybridized carbons (Fsp3) is 0.571. The molecule has 27 heavy (non-hydrogen) atoms. The Morgan fingerprint density at radius 3 is 2.37 bits per heavy atom. The molecule has 5 nitrogen and oxygen atoms in total. The molecule has 4 aliphatic rings. The summed E-state index contributed by atoms with van der Waals surface area (Å²) >= 11 is 1.45. The van der Waals surface area contributed by atoms with Gasteiger partial charge in [-0.05, 0) is 75.3 Å². The summed E-state index contributed by atoms with van der Waals surface area (Å²) in [5.41, 5.74) is 0.655. The van der Waals surface area contributed by atoms with Crippen LogP contribution in [-0.4, -0.2) is 22.8 Å². The fourth-order valence-electron chi connectivity index (χ4n) is 5.94. The van der Waals surface area contributed by atoms with Crippen molar-refractivity contribution < 1.29 is 9.59 Å². The van der Waals surface area contributed by atoms with Crippen LogP contribution in [0.25, 0.3) is 10.2 Å². The lowest BCUT2D eigenvalue weighted by molar-refractivity contribution is -0.147. The van der Waals surface area contributed by atoms with Crippen molar-refractivity contribution in [3.05, 3.63) is 24.3 Å². The van der Waals surface area contributed by atoms with Crippen molar-refractivity contribution in [2.24, 2.45) is 23.2 Å². The number of aromatic nitrogens is 1. The van der Waals surface area contributed by atoms with Gasteiger partial charge in [-0.3, -0.25) is 9.59 Å². The molecule has 1 atom stereocenters. The molecule has 1 aromatic heterocycles. The van der Waals surface area contributed by atoms with Gasteiger partial charge in [0, 0.05) is 5.41 Å². The molecule has 0 spiro atoms. The van der Waals surface area contributed by atoms with Gasteiger partial charge < -0.3 is 10.6 Å². The smallest absolute Gasteiger partial charge is 0.248 e. The zero-order valence-corrected chi connectivity index (χ0v) is 16.3. The number of amides is 2. The van der Waals surface area contributed by atoms with Gasteiger partial charge in [-0.25, -0.2) is 4.98 Å². The summed E-state index contributed by atoms with van der Waals surface area (Å²) in [7, 11) is 0. The molecule has 4 saturated carbocycles. The summed E-state index contributed by atoms with van der Waals surface area (Å²) in [4.78, 5) is 30.1. The number of hydrogen-bond acceptors (Lipinski definition) is 4. The number of nitrogens with one attached hydrogen (secondary N) is 2. The summed E-state index contributed by atoms with van der Waals surface area (Å²) in [6, 6.07) is 7.25. The second-order valence-electron chi connectivity index (χ2n) is 8.87. The molecule has 4 bridgehead atoms. The van der Waals surface area contributed by atoms with Crippen LogP contribution in [0.15, 0.2) is 24.3 Å². The third kappa shape index (κ3) is 3.04. The van der Waals surface area contributed by atoms with Crippen molar-refractivity contribution >= 4 is 38.5 Å². The Morgan fingerprint density at radius 1 is 1.11 bits per heavy atom. The van der Waals surface area contributed by atoms with Crippen LogP contribution in [0.2, 0.25) is 0 Å². The van der Waals surface area contributed by atoms with Crippen molar-refractivity contribution in [2.75, 3.05) is 5.32 Å². The van der Waals surface area contributed by atoms with Gasteiger partial charge in [-0.1, -0.05) is 23.5 Å². The van der Waals surface area contributed by atoms with Gasteiger partial charge in [0.1, 0.15) is 6.04 Å². The van der Waals surface area contributed by atoms with Crippen LogP contribution in [0, 0.1) is 23.2 Å². The van der Waals surface area contributed by atoms with Crippen LogP contribution >= 0.6 is 11.3 Å². The number of anilines is 1. The van der Waals surface area contributed by atoms with Crippen LogP contribution in [-0.2, 0) is 9.59 Å². The van der Waals surface area contributed by atoms with Crippen LogP contribution in [0.3, 0.4) is 0 Å². The number of carbonyl (C=O) groups excluding carboxylic acids is 2. The maximum absolute atomic E-state index is 13.1. The van der Waals surface area contributed by atoms with Gasteiger partial charge in [0.15, 0.2) is 5.13 Å². The van der Waals surface area contributed by atoms with E-state index in [1.807, 2.05) is 24.3 Å². The minimum atomic E-state index is -0.558. The van der Waals surface area contributed by atoms with Gasteiger partial charge >= 0.3 is 0 Å². The van der Waals surface area contributed by atoms with Crippen molar-refractivity contribution in [1.82, 2.24) is 10.3 Å². The fourth-order valence-corrected chi connectivity index (χ4v) is 6.81. The van der Waals surface area contributed by atoms with Gasteiger partial charge in [-0.15, -0.1) is 0 Å². The lowest BCUT2D eigenvalue weighted by Gasteiger charge is -2.55. The Balaban J connectivity index is 1.25. The van der Waals surface area contributed by atoms with Gasteiger partial charge in [0.25, 0.3) is 0 Å². The molecule has 1 unspecified atom stereocenters. The number of thiazole rings is 1. The first-order valence-corrected chi connectivity index (χ1v) is 10.8. The summed E-state index contributed by atoms with van der Waals surface area (Å²) in [5, 5.41) is 6.46. The number of benzene rings is 1. The van der Waals surface area contributed by atoms with E-state index in [0.29, 0.717) is 22.9 Å². The second kappa shape index (κ2) is 6.30. The van der Waals surface area contributed by atoms with E-state index in [-0.39, 0.29) is 17.2 Å². The normalized spacial score (nSPS) is 32.4. The predicted octanol–water partition coefficient (Wildman–Crippen LogP) is 3.96. The molecule has 2 amide bonds. The number of hydrogen-bond donors (Lipinski definition) is 2. The van der Waals surface area contributed by atoms with E-state index in [1.165, 1.54) is 30.6 Å². The maximum Gasteiger partial charge on any atom is 0.248 e. The molecule has 4 fully saturated rings. The Morgan fingerprint density at radius 2 is 1.74 bits per heavy atom. The average Bonchev–Trinajstić information content (AvgIpc) is 3.02. The Bertz CT molecular complexity index is 837. The summed E-state index contributed by atoms with van der Waals surface area (Å²) in [6.07, 6.45) is 6.95. The minimum Gasteiger partial charge on any atom is -0.344 e. The number of para-hydroxylation sites is 1. The van der Waals surface area contributed by atoms with E-state index in [2.05, 4.69) is 15.6 Å². The van der Waals surface area contributed by atoms with E-state index >= 15 is 0 Å². The van der Waals surface area contributed by atoms with E-state index in [9.17, 15) is 9.59 Å². The minimum absolute atomic E-state index is 0.0912. The molecular weight excluding hydrogens is 358 g/mol. The van der Waals surface area contributed by atoms with Gasteiger partial charge in [0.2, 0.25) is 11.8 Å². The van der Waals surface area contributed by atoms with Crippen molar-refractivity contribution in [3.8, 4) is 0 Å². The van der Waals surface area contributed by atoms with Crippen molar-refractivity contribution in [3.63, 3.8) is 0 Å². The highest BCUT2D eigenvalue weighted by atomic mass is 32.1. The summed E-state index contributed by atoms with van der Waals surface area (Å²) in [6.45, 7) is 1.76. The molecule has 2 aromatic rings. The highest BCUT2D eigenvalue weighted by Crippen LogP contribution is 2.60. The predicted molar refractivity (Wildman–Crippen MR) is 106 cm³/mol. The SMILES string of the molecule is CC(NC(=O)C12CC3CC(CC(C3)C1)C2)C(=O)Nc1nc2ccccc2s1. The topological polar surface area (TPSA) is 71.1 Å². The number of nitrogens with zero attached hydrogens (tertiary/aromatic N) is 1. The monoisotopic (exact) mass is 383 g/mol. The van der Waals surface area contributed by atoms with E-state index in [1.54, 1.807) is 6.92 Å². The lowest BCUT2D eigenvalue weighted by atomic mass is 9.49. The maximum atomic E-state index is 13.1. The molecule has 1 heterocycles. The first-order valence-electron chi connectivity index (χ1n) is 9.98. The van der Waals surface area contributed by atoms with E-state index in [0.717, 1.165) is 29.5 Å². The Kier molecular flexibility index (Phi) is 4.00. The number of fused-ring (bicyclic) bond motifs is 1.